The summed E-state index contributed by atoms with van der Waals surface area (Å²) in [5.41, 5.74) is 0.680. The van der Waals surface area contributed by atoms with Crippen LogP contribution in [-0.2, 0) is 4.79 Å². The van der Waals surface area contributed by atoms with Gasteiger partial charge in [0.1, 0.15) is 4.32 Å². The van der Waals surface area contributed by atoms with Crippen LogP contribution in [0.4, 0.5) is 0 Å². The van der Waals surface area contributed by atoms with Gasteiger partial charge in [-0.1, -0.05) is 80.3 Å². The highest BCUT2D eigenvalue weighted by atomic mass is 32.2. The molecule has 2 aliphatic rings. The number of allylic oxidation sites excluding steroid dienone is 2. The number of amides is 1. The number of hydrogen-bond acceptors (Lipinski definition) is 4. The summed E-state index contributed by atoms with van der Waals surface area (Å²) in [6, 6.07) is 9.41. The SMILES string of the molecule is CC(C)[C@@H]1CSC(=S)N1C(=O)[C@@H]1CC=CC[C@@H]1C(=O)c1ccccc1. The van der Waals surface area contributed by atoms with Crippen molar-refractivity contribution in [3.8, 4) is 0 Å². The molecule has 1 amide bonds. The van der Waals surface area contributed by atoms with E-state index in [1.54, 1.807) is 16.7 Å². The molecule has 1 fully saturated rings. The number of thiocarbonyl (C=S) groups is 1. The molecular formula is C20H23NO2S2. The van der Waals surface area contributed by atoms with Crippen molar-refractivity contribution < 1.29 is 9.59 Å². The van der Waals surface area contributed by atoms with Gasteiger partial charge in [-0.3, -0.25) is 14.5 Å². The first-order valence-electron chi connectivity index (χ1n) is 8.74. The summed E-state index contributed by atoms with van der Waals surface area (Å²) in [6.07, 6.45) is 5.27. The maximum Gasteiger partial charge on any atom is 0.232 e. The van der Waals surface area contributed by atoms with Crippen molar-refractivity contribution >= 4 is 40.0 Å². The second-order valence-electron chi connectivity index (χ2n) is 6.98. The van der Waals surface area contributed by atoms with E-state index < -0.39 is 0 Å². The highest BCUT2D eigenvalue weighted by Gasteiger charge is 2.43. The lowest BCUT2D eigenvalue weighted by atomic mass is 9.77. The molecule has 1 aliphatic heterocycles. The lowest BCUT2D eigenvalue weighted by Gasteiger charge is -2.33. The number of rotatable bonds is 4. The number of thioether (sulfide) groups is 1. The molecule has 3 atom stereocenters. The number of Topliss-reactive ketones (excluding diaryl/α,β-unsaturated/α-hetero) is 1. The number of carbonyl (C=O) groups excluding carboxylic acids is 2. The Balaban J connectivity index is 1.86. The summed E-state index contributed by atoms with van der Waals surface area (Å²) in [4.78, 5) is 28.1. The standard InChI is InChI=1S/C20H23NO2S2/c1-13(2)17-12-25-20(24)21(17)19(23)16-11-7-6-10-15(16)18(22)14-8-4-3-5-9-14/h3-9,13,15-17H,10-12H2,1-2H3/t15-,16+,17-/m0/s1. The van der Waals surface area contributed by atoms with Crippen molar-refractivity contribution in [2.45, 2.75) is 32.7 Å². The Labute approximate surface area is 158 Å². The van der Waals surface area contributed by atoms with Crippen LogP contribution >= 0.6 is 24.0 Å². The van der Waals surface area contributed by atoms with Crippen LogP contribution in [0.15, 0.2) is 42.5 Å². The third-order valence-corrected chi connectivity index (χ3v) is 6.56. The minimum Gasteiger partial charge on any atom is -0.294 e. The number of carbonyl (C=O) groups is 2. The summed E-state index contributed by atoms with van der Waals surface area (Å²) in [5.74, 6) is 0.646. The van der Waals surface area contributed by atoms with Crippen LogP contribution in [0.1, 0.15) is 37.0 Å². The largest absolute Gasteiger partial charge is 0.294 e. The molecule has 1 aromatic rings. The Morgan fingerprint density at radius 3 is 2.40 bits per heavy atom. The average Bonchev–Trinajstić information content (AvgIpc) is 3.03. The van der Waals surface area contributed by atoms with Crippen LogP contribution in [0.3, 0.4) is 0 Å². The minimum atomic E-state index is -0.324. The molecule has 0 saturated carbocycles. The number of hydrogen-bond donors (Lipinski definition) is 0. The van der Waals surface area contributed by atoms with E-state index in [1.807, 2.05) is 42.5 Å². The predicted molar refractivity (Wildman–Crippen MR) is 107 cm³/mol. The van der Waals surface area contributed by atoms with Gasteiger partial charge in [0.25, 0.3) is 0 Å². The number of nitrogens with zero attached hydrogens (tertiary/aromatic N) is 1. The molecule has 132 valence electrons. The predicted octanol–water partition coefficient (Wildman–Crippen LogP) is 4.34. The molecule has 3 nitrogen and oxygen atoms in total. The van der Waals surface area contributed by atoms with Crippen LogP contribution in [0.2, 0.25) is 0 Å². The smallest absolute Gasteiger partial charge is 0.232 e. The van der Waals surface area contributed by atoms with E-state index in [0.29, 0.717) is 28.6 Å². The van der Waals surface area contributed by atoms with Gasteiger partial charge >= 0.3 is 0 Å². The topological polar surface area (TPSA) is 37.4 Å². The van der Waals surface area contributed by atoms with Gasteiger partial charge in [0.2, 0.25) is 5.91 Å². The van der Waals surface area contributed by atoms with E-state index in [0.717, 1.165) is 5.75 Å². The van der Waals surface area contributed by atoms with E-state index in [9.17, 15) is 9.59 Å². The number of ketones is 1. The van der Waals surface area contributed by atoms with Gasteiger partial charge in [0.15, 0.2) is 5.78 Å². The Hall–Kier alpha value is -1.46. The first kappa shape index (κ1) is 18.3. The molecule has 3 rings (SSSR count). The fourth-order valence-electron chi connectivity index (χ4n) is 3.55. The fourth-order valence-corrected chi connectivity index (χ4v) is 5.19. The third kappa shape index (κ3) is 3.72. The van der Waals surface area contributed by atoms with Crippen molar-refractivity contribution in [2.75, 3.05) is 5.75 Å². The summed E-state index contributed by atoms with van der Waals surface area (Å²) < 4.78 is 0.657. The van der Waals surface area contributed by atoms with E-state index in [-0.39, 0.29) is 29.6 Å². The van der Waals surface area contributed by atoms with Crippen molar-refractivity contribution in [3.63, 3.8) is 0 Å². The zero-order valence-electron chi connectivity index (χ0n) is 14.6. The zero-order valence-corrected chi connectivity index (χ0v) is 16.2. The van der Waals surface area contributed by atoms with Gasteiger partial charge in [0.05, 0.1) is 5.92 Å². The van der Waals surface area contributed by atoms with Crippen molar-refractivity contribution in [1.29, 1.82) is 0 Å². The molecule has 0 spiro atoms. The van der Waals surface area contributed by atoms with Crippen LogP contribution in [0, 0.1) is 17.8 Å². The highest BCUT2D eigenvalue weighted by Crippen LogP contribution is 2.36. The molecule has 0 N–H and O–H groups in total. The van der Waals surface area contributed by atoms with Gasteiger partial charge in [0, 0.05) is 23.3 Å². The highest BCUT2D eigenvalue weighted by molar-refractivity contribution is 8.23. The zero-order chi connectivity index (χ0) is 18.0. The maximum absolute atomic E-state index is 13.3. The van der Waals surface area contributed by atoms with E-state index in [1.165, 1.54) is 0 Å². The quantitative estimate of drug-likeness (QED) is 0.447. The molecule has 0 bridgehead atoms. The Kier molecular flexibility index (Phi) is 5.74. The molecule has 0 aromatic heterocycles. The molecule has 1 heterocycles. The first-order valence-corrected chi connectivity index (χ1v) is 10.1. The van der Waals surface area contributed by atoms with Crippen LogP contribution < -0.4 is 0 Å². The lowest BCUT2D eigenvalue weighted by molar-refractivity contribution is -0.134. The summed E-state index contributed by atoms with van der Waals surface area (Å²) in [6.45, 7) is 4.24. The van der Waals surface area contributed by atoms with E-state index in [4.69, 9.17) is 12.2 Å². The summed E-state index contributed by atoms with van der Waals surface area (Å²) >= 11 is 7.02. The van der Waals surface area contributed by atoms with Gasteiger partial charge in [-0.05, 0) is 18.8 Å². The second-order valence-corrected chi connectivity index (χ2v) is 8.64. The molecule has 5 heteroatoms. The Morgan fingerprint density at radius 2 is 1.76 bits per heavy atom. The summed E-state index contributed by atoms with van der Waals surface area (Å²) in [7, 11) is 0. The van der Waals surface area contributed by atoms with Crippen LogP contribution in [0.25, 0.3) is 0 Å². The Morgan fingerprint density at radius 1 is 1.12 bits per heavy atom. The summed E-state index contributed by atoms with van der Waals surface area (Å²) in [5, 5.41) is 0. The molecule has 0 unspecified atom stereocenters. The Bertz CT molecular complexity index is 699. The second kappa shape index (κ2) is 7.83. The average molecular weight is 374 g/mol. The molecule has 1 aliphatic carbocycles. The third-order valence-electron chi connectivity index (χ3n) is 5.06. The van der Waals surface area contributed by atoms with Crippen molar-refractivity contribution in [1.82, 2.24) is 4.90 Å². The van der Waals surface area contributed by atoms with Gasteiger partial charge in [-0.25, -0.2) is 0 Å². The maximum atomic E-state index is 13.3. The molecule has 1 aromatic carbocycles. The van der Waals surface area contributed by atoms with Crippen molar-refractivity contribution in [3.05, 3.63) is 48.0 Å². The normalized spacial score (nSPS) is 26.3. The van der Waals surface area contributed by atoms with Gasteiger partial charge < -0.3 is 0 Å². The molecule has 1 saturated heterocycles. The molecule has 25 heavy (non-hydrogen) atoms. The minimum absolute atomic E-state index is 0.0207. The van der Waals surface area contributed by atoms with Gasteiger partial charge in [-0.2, -0.15) is 0 Å². The fraction of sp³-hybridized carbons (Fsp3) is 0.450. The first-order chi connectivity index (χ1) is 12.0. The van der Waals surface area contributed by atoms with E-state index in [2.05, 4.69) is 13.8 Å². The van der Waals surface area contributed by atoms with Crippen LogP contribution in [0.5, 0.6) is 0 Å². The lowest BCUT2D eigenvalue weighted by Crippen LogP contribution is -2.47. The number of benzene rings is 1. The molecule has 0 radical (unpaired) electrons. The van der Waals surface area contributed by atoms with E-state index >= 15 is 0 Å². The van der Waals surface area contributed by atoms with Gasteiger partial charge in [-0.15, -0.1) is 0 Å². The molecular weight excluding hydrogens is 350 g/mol. The van der Waals surface area contributed by atoms with Crippen molar-refractivity contribution in [2.24, 2.45) is 17.8 Å². The van der Waals surface area contributed by atoms with Crippen LogP contribution in [-0.4, -0.2) is 32.7 Å². The monoisotopic (exact) mass is 373 g/mol.